The zero-order chi connectivity index (χ0) is 19.1. The number of rotatable bonds is 4. The number of imidazole rings is 1. The van der Waals surface area contributed by atoms with Crippen molar-refractivity contribution in [1.82, 2.24) is 9.55 Å². The van der Waals surface area contributed by atoms with Crippen LogP contribution < -0.4 is 0 Å². The fraction of sp³-hybridized carbons (Fsp3) is 0.263. The van der Waals surface area contributed by atoms with E-state index >= 15 is 0 Å². The lowest BCUT2D eigenvalue weighted by Gasteiger charge is -2.17. The largest absolute Gasteiger partial charge is 0.478 e. The number of hydrogen-bond acceptors (Lipinski definition) is 6. The Labute approximate surface area is 153 Å². The average Bonchev–Trinajstić information content (AvgIpc) is 3.22. The summed E-state index contributed by atoms with van der Waals surface area (Å²) in [5.41, 5.74) is 3.30. The molecule has 0 bridgehead atoms. The highest BCUT2D eigenvalue weighted by Gasteiger charge is 2.43. The molecule has 4 N–H and O–H groups in total. The molecule has 0 radical (unpaired) electrons. The van der Waals surface area contributed by atoms with E-state index in [9.17, 15) is 20.1 Å². The molecule has 8 heteroatoms. The number of hydrogen-bond donors (Lipinski definition) is 4. The molecule has 0 aliphatic carbocycles. The van der Waals surface area contributed by atoms with Crippen LogP contribution in [0.25, 0.3) is 22.2 Å². The van der Waals surface area contributed by atoms with Crippen LogP contribution in [0.15, 0.2) is 48.8 Å². The minimum atomic E-state index is -1.18. The van der Waals surface area contributed by atoms with Crippen molar-refractivity contribution in [3.8, 4) is 11.1 Å². The molecule has 1 aromatic heterocycles. The summed E-state index contributed by atoms with van der Waals surface area (Å²) >= 11 is 0. The first-order chi connectivity index (χ1) is 13.0. The quantitative estimate of drug-likeness (QED) is 0.540. The summed E-state index contributed by atoms with van der Waals surface area (Å²) in [7, 11) is 0. The van der Waals surface area contributed by atoms with Crippen LogP contribution in [0.3, 0.4) is 0 Å². The molecule has 1 aliphatic rings. The van der Waals surface area contributed by atoms with Gasteiger partial charge in [0, 0.05) is 0 Å². The lowest BCUT2D eigenvalue weighted by molar-refractivity contribution is -0.0508. The van der Waals surface area contributed by atoms with E-state index in [1.165, 1.54) is 6.33 Å². The Morgan fingerprint density at radius 3 is 2.41 bits per heavy atom. The minimum absolute atomic E-state index is 0.216. The summed E-state index contributed by atoms with van der Waals surface area (Å²) in [4.78, 5) is 15.3. The Morgan fingerprint density at radius 2 is 1.78 bits per heavy atom. The monoisotopic (exact) mass is 370 g/mol. The molecule has 0 saturated carbocycles. The molecular weight excluding hydrogens is 352 g/mol. The van der Waals surface area contributed by atoms with Gasteiger partial charge in [-0.3, -0.25) is 0 Å². The van der Waals surface area contributed by atoms with E-state index in [1.54, 1.807) is 28.8 Å². The van der Waals surface area contributed by atoms with Crippen LogP contribution >= 0.6 is 0 Å². The van der Waals surface area contributed by atoms with Crippen LogP contribution in [0.5, 0.6) is 0 Å². The second-order valence-corrected chi connectivity index (χ2v) is 6.47. The van der Waals surface area contributed by atoms with E-state index in [4.69, 9.17) is 9.84 Å². The second kappa shape index (κ2) is 6.75. The third-order valence-electron chi connectivity index (χ3n) is 4.83. The zero-order valence-electron chi connectivity index (χ0n) is 14.1. The summed E-state index contributed by atoms with van der Waals surface area (Å²) < 4.78 is 7.18. The van der Waals surface area contributed by atoms with E-state index in [1.807, 2.05) is 18.2 Å². The predicted molar refractivity (Wildman–Crippen MR) is 95.1 cm³/mol. The van der Waals surface area contributed by atoms with Crippen LogP contribution in [0.1, 0.15) is 16.6 Å². The summed E-state index contributed by atoms with van der Waals surface area (Å²) in [5, 5.41) is 38.4. The number of nitrogens with zero attached hydrogens (tertiary/aromatic N) is 2. The number of aliphatic hydroxyl groups is 3. The third-order valence-corrected chi connectivity index (χ3v) is 4.83. The van der Waals surface area contributed by atoms with Gasteiger partial charge in [0.25, 0.3) is 0 Å². The predicted octanol–water partition coefficient (Wildman–Crippen LogP) is 1.01. The lowest BCUT2D eigenvalue weighted by atomic mass is 10.0. The number of carbonyl (C=O) groups is 1. The molecule has 140 valence electrons. The highest BCUT2D eigenvalue weighted by atomic mass is 16.6. The maximum absolute atomic E-state index is 11.0. The smallest absolute Gasteiger partial charge is 0.335 e. The molecule has 8 nitrogen and oxygen atoms in total. The first-order valence-electron chi connectivity index (χ1n) is 8.42. The highest BCUT2D eigenvalue weighted by molar-refractivity contribution is 5.89. The summed E-state index contributed by atoms with van der Waals surface area (Å²) in [6.07, 6.45) is -2.54. The first-order valence-corrected chi connectivity index (χ1v) is 8.42. The molecule has 1 saturated heterocycles. The molecule has 4 rings (SSSR count). The number of aromatic carboxylic acids is 1. The van der Waals surface area contributed by atoms with Crippen molar-refractivity contribution >= 4 is 17.0 Å². The molecule has 0 amide bonds. The van der Waals surface area contributed by atoms with E-state index in [0.29, 0.717) is 11.0 Å². The van der Waals surface area contributed by atoms with Gasteiger partial charge in [0.15, 0.2) is 6.23 Å². The van der Waals surface area contributed by atoms with Gasteiger partial charge in [0.05, 0.1) is 29.5 Å². The highest BCUT2D eigenvalue weighted by Crippen LogP contribution is 2.33. The standard InChI is InChI=1S/C19H18N2O6/c22-8-15-16(23)17(24)18(27-15)21-9-20-13-7-12(5-6-14(13)21)10-1-3-11(4-2-10)19(25)26/h1-7,9,15-18,22-24H,8H2,(H,25,26)/t15-,16-,17-,18-/m1/s1. The average molecular weight is 370 g/mol. The van der Waals surface area contributed by atoms with Crippen molar-refractivity contribution in [3.63, 3.8) is 0 Å². The van der Waals surface area contributed by atoms with Crippen molar-refractivity contribution in [2.75, 3.05) is 6.61 Å². The number of ether oxygens (including phenoxy) is 1. The topological polar surface area (TPSA) is 125 Å². The zero-order valence-corrected chi connectivity index (χ0v) is 14.1. The summed E-state index contributed by atoms with van der Waals surface area (Å²) in [5.74, 6) is -0.978. The van der Waals surface area contributed by atoms with Gasteiger partial charge in [-0.15, -0.1) is 0 Å². The Hall–Kier alpha value is -2.78. The number of aromatic nitrogens is 2. The summed E-state index contributed by atoms with van der Waals surface area (Å²) in [6.45, 7) is -0.391. The molecule has 2 heterocycles. The van der Waals surface area contributed by atoms with Crippen LogP contribution in [-0.4, -0.2) is 60.9 Å². The van der Waals surface area contributed by atoms with Crippen molar-refractivity contribution < 1.29 is 30.0 Å². The van der Waals surface area contributed by atoms with Crippen LogP contribution in [0.2, 0.25) is 0 Å². The van der Waals surface area contributed by atoms with Crippen molar-refractivity contribution in [2.45, 2.75) is 24.5 Å². The molecule has 1 fully saturated rings. The van der Waals surface area contributed by atoms with E-state index in [-0.39, 0.29) is 5.56 Å². The van der Waals surface area contributed by atoms with Gasteiger partial charge < -0.3 is 29.7 Å². The van der Waals surface area contributed by atoms with Gasteiger partial charge in [-0.25, -0.2) is 9.78 Å². The van der Waals surface area contributed by atoms with Crippen molar-refractivity contribution in [1.29, 1.82) is 0 Å². The number of fused-ring (bicyclic) bond motifs is 1. The number of aliphatic hydroxyl groups excluding tert-OH is 3. The summed E-state index contributed by atoms with van der Waals surface area (Å²) in [6, 6.07) is 12.1. The SMILES string of the molecule is O=C(O)c1ccc(-c2ccc3c(c2)ncn3[C@@H]2O[C@H](CO)[C@@H](O)[C@H]2O)cc1. The Kier molecular flexibility index (Phi) is 4.40. The van der Waals surface area contributed by atoms with Crippen LogP contribution in [0.4, 0.5) is 0 Å². The van der Waals surface area contributed by atoms with Gasteiger partial charge >= 0.3 is 5.97 Å². The molecule has 0 unspecified atom stereocenters. The normalized spacial score (nSPS) is 25.1. The van der Waals surface area contributed by atoms with Gasteiger partial charge in [-0.2, -0.15) is 0 Å². The third kappa shape index (κ3) is 2.98. The van der Waals surface area contributed by atoms with E-state index < -0.39 is 37.1 Å². The molecule has 4 atom stereocenters. The molecule has 0 spiro atoms. The Balaban J connectivity index is 1.67. The molecule has 1 aliphatic heterocycles. The van der Waals surface area contributed by atoms with Crippen molar-refractivity contribution in [2.24, 2.45) is 0 Å². The van der Waals surface area contributed by atoms with Gasteiger partial charge in [0.2, 0.25) is 0 Å². The fourth-order valence-corrected chi connectivity index (χ4v) is 3.33. The maximum Gasteiger partial charge on any atom is 0.335 e. The van der Waals surface area contributed by atoms with Gasteiger partial charge in [-0.05, 0) is 35.4 Å². The number of benzene rings is 2. The van der Waals surface area contributed by atoms with E-state index in [0.717, 1.165) is 11.1 Å². The number of carboxylic acid groups (broad SMARTS) is 1. The molecule has 2 aromatic carbocycles. The lowest BCUT2D eigenvalue weighted by Crippen LogP contribution is -2.33. The molecule has 3 aromatic rings. The minimum Gasteiger partial charge on any atom is -0.478 e. The van der Waals surface area contributed by atoms with Gasteiger partial charge in [0.1, 0.15) is 18.3 Å². The van der Waals surface area contributed by atoms with Crippen LogP contribution in [-0.2, 0) is 4.74 Å². The second-order valence-electron chi connectivity index (χ2n) is 6.47. The number of carboxylic acids is 1. The van der Waals surface area contributed by atoms with E-state index in [2.05, 4.69) is 4.98 Å². The van der Waals surface area contributed by atoms with Gasteiger partial charge in [-0.1, -0.05) is 18.2 Å². The Morgan fingerprint density at radius 1 is 1.07 bits per heavy atom. The Bertz CT molecular complexity index is 984. The first kappa shape index (κ1) is 17.6. The maximum atomic E-state index is 11.0. The fourth-order valence-electron chi connectivity index (χ4n) is 3.33. The molecular formula is C19H18N2O6. The van der Waals surface area contributed by atoms with Crippen molar-refractivity contribution in [3.05, 3.63) is 54.4 Å². The van der Waals surface area contributed by atoms with Crippen LogP contribution in [0, 0.1) is 0 Å². The molecule has 27 heavy (non-hydrogen) atoms.